The molecule has 4 aromatic rings. The molecule has 4 rings (SSSR count). The molecule has 0 heterocycles. The fourth-order valence-electron chi connectivity index (χ4n) is 4.14. The van der Waals surface area contributed by atoms with E-state index in [-0.39, 0.29) is 13.1 Å². The van der Waals surface area contributed by atoms with Gasteiger partial charge in [-0.2, -0.15) is 0 Å². The largest absolute Gasteiger partial charge is 0.497 e. The molecule has 208 valence electrons. The van der Waals surface area contributed by atoms with Gasteiger partial charge in [0.1, 0.15) is 17.2 Å². The summed E-state index contributed by atoms with van der Waals surface area (Å²) in [5.41, 5.74) is -1.03. The first kappa shape index (κ1) is 28.4. The van der Waals surface area contributed by atoms with Crippen molar-refractivity contribution in [3.63, 3.8) is 0 Å². The summed E-state index contributed by atoms with van der Waals surface area (Å²) in [5.74, 6) is -3.73. The van der Waals surface area contributed by atoms with Gasteiger partial charge >= 0.3 is 17.9 Å². The van der Waals surface area contributed by atoms with Gasteiger partial charge in [-0.3, -0.25) is 4.79 Å². The smallest absolute Gasteiger partial charge is 0.336 e. The van der Waals surface area contributed by atoms with Gasteiger partial charge in [-0.25, -0.2) is 14.4 Å². The van der Waals surface area contributed by atoms with Crippen molar-refractivity contribution < 1.29 is 44.0 Å². The summed E-state index contributed by atoms with van der Waals surface area (Å²) in [7, 11) is 1.57. The number of rotatable bonds is 11. The predicted molar refractivity (Wildman–Crippen MR) is 147 cm³/mol. The molecule has 41 heavy (non-hydrogen) atoms. The van der Waals surface area contributed by atoms with Gasteiger partial charge in [0.25, 0.3) is 5.91 Å². The third-order valence-corrected chi connectivity index (χ3v) is 6.17. The Balaban J connectivity index is 1.66. The number of amides is 1. The summed E-state index contributed by atoms with van der Waals surface area (Å²) in [5, 5.41) is 28.7. The highest BCUT2D eigenvalue weighted by molar-refractivity contribution is 6.10. The lowest BCUT2D eigenvalue weighted by Crippen LogP contribution is -2.32. The lowest BCUT2D eigenvalue weighted by Gasteiger charge is -2.24. The topological polar surface area (TPSA) is 151 Å². The Hall–Kier alpha value is -5.64. The van der Waals surface area contributed by atoms with Crippen molar-refractivity contribution >= 4 is 23.8 Å². The van der Waals surface area contributed by atoms with Crippen molar-refractivity contribution in [3.05, 3.63) is 124 Å². The third-order valence-electron chi connectivity index (χ3n) is 6.17. The maximum atomic E-state index is 13.8. The SMILES string of the molecule is COc1ccc(Oc2ccc(CN(Cc3ccccc3)C(=O)c3cc(C(=O)O)c(C(=O)O)cc3C(=O)O)cc2)cc1. The van der Waals surface area contributed by atoms with Gasteiger partial charge in [-0.15, -0.1) is 0 Å². The van der Waals surface area contributed by atoms with E-state index >= 15 is 0 Å². The Morgan fingerprint density at radius 2 is 1.00 bits per heavy atom. The summed E-state index contributed by atoms with van der Waals surface area (Å²) in [6, 6.07) is 24.5. The van der Waals surface area contributed by atoms with Crippen LogP contribution in [-0.4, -0.2) is 51.1 Å². The number of aromatic carboxylic acids is 3. The van der Waals surface area contributed by atoms with Gasteiger partial charge in [0, 0.05) is 13.1 Å². The fraction of sp³-hybridized carbons (Fsp3) is 0.0968. The van der Waals surface area contributed by atoms with E-state index in [1.807, 2.05) is 6.07 Å². The van der Waals surface area contributed by atoms with Crippen LogP contribution in [0, 0.1) is 0 Å². The predicted octanol–water partition coefficient (Wildman–Crippen LogP) is 5.42. The summed E-state index contributed by atoms with van der Waals surface area (Å²) in [6.07, 6.45) is 0. The van der Waals surface area contributed by atoms with E-state index in [1.54, 1.807) is 79.9 Å². The normalized spacial score (nSPS) is 10.5. The van der Waals surface area contributed by atoms with Crippen LogP contribution in [0.5, 0.6) is 17.2 Å². The quantitative estimate of drug-likeness (QED) is 0.220. The summed E-state index contributed by atoms with van der Waals surface area (Å²) in [6.45, 7) is 0.116. The van der Waals surface area contributed by atoms with Crippen LogP contribution in [0.4, 0.5) is 0 Å². The minimum absolute atomic E-state index is 0.0404. The number of hydrogen-bond acceptors (Lipinski definition) is 6. The van der Waals surface area contributed by atoms with Crippen molar-refractivity contribution in [2.45, 2.75) is 13.1 Å². The molecule has 0 aliphatic rings. The van der Waals surface area contributed by atoms with E-state index in [1.165, 1.54) is 4.90 Å². The minimum Gasteiger partial charge on any atom is -0.497 e. The molecule has 4 aromatic carbocycles. The number of benzene rings is 4. The molecule has 0 aliphatic carbocycles. The lowest BCUT2D eigenvalue weighted by molar-refractivity contribution is 0.0643. The first-order chi connectivity index (χ1) is 19.7. The van der Waals surface area contributed by atoms with Crippen molar-refractivity contribution in [2.75, 3.05) is 7.11 Å². The first-order valence-corrected chi connectivity index (χ1v) is 12.3. The van der Waals surface area contributed by atoms with Gasteiger partial charge < -0.3 is 29.7 Å². The van der Waals surface area contributed by atoms with Crippen molar-refractivity contribution in [1.29, 1.82) is 0 Å². The molecule has 0 fully saturated rings. The average Bonchev–Trinajstić information content (AvgIpc) is 2.97. The Morgan fingerprint density at radius 3 is 1.49 bits per heavy atom. The van der Waals surface area contributed by atoms with E-state index in [9.17, 15) is 34.5 Å². The molecule has 0 aromatic heterocycles. The lowest BCUT2D eigenvalue weighted by atomic mass is 9.96. The van der Waals surface area contributed by atoms with Gasteiger partial charge in [0.15, 0.2) is 0 Å². The maximum Gasteiger partial charge on any atom is 0.336 e. The second kappa shape index (κ2) is 12.5. The second-order valence-electron chi connectivity index (χ2n) is 8.93. The number of carbonyl (C=O) groups excluding carboxylic acids is 1. The molecule has 0 saturated carbocycles. The second-order valence-corrected chi connectivity index (χ2v) is 8.93. The number of carboxylic acid groups (broad SMARTS) is 3. The first-order valence-electron chi connectivity index (χ1n) is 12.3. The van der Waals surface area contributed by atoms with Gasteiger partial charge in [0.05, 0.1) is 29.4 Å². The van der Waals surface area contributed by atoms with Crippen LogP contribution in [0.3, 0.4) is 0 Å². The molecule has 0 bridgehead atoms. The van der Waals surface area contributed by atoms with Gasteiger partial charge in [-0.1, -0.05) is 42.5 Å². The monoisotopic (exact) mass is 555 g/mol. The Kier molecular flexibility index (Phi) is 8.63. The zero-order valence-electron chi connectivity index (χ0n) is 21.8. The number of nitrogens with zero attached hydrogens (tertiary/aromatic N) is 1. The van der Waals surface area contributed by atoms with Crippen molar-refractivity contribution in [1.82, 2.24) is 4.90 Å². The minimum atomic E-state index is -1.62. The van der Waals surface area contributed by atoms with Crippen LogP contribution in [0.2, 0.25) is 0 Å². The van der Waals surface area contributed by atoms with E-state index in [0.717, 1.165) is 11.6 Å². The Labute approximate surface area is 234 Å². The van der Waals surface area contributed by atoms with E-state index in [4.69, 9.17) is 9.47 Å². The van der Waals surface area contributed by atoms with Crippen molar-refractivity contribution in [2.24, 2.45) is 0 Å². The molecule has 10 heteroatoms. The van der Waals surface area contributed by atoms with Crippen LogP contribution in [0.15, 0.2) is 91.0 Å². The molecular formula is C31H25NO9. The number of hydrogen-bond donors (Lipinski definition) is 3. The maximum absolute atomic E-state index is 13.8. The van der Waals surface area contributed by atoms with E-state index in [0.29, 0.717) is 28.9 Å². The van der Waals surface area contributed by atoms with Gasteiger partial charge in [0.2, 0.25) is 0 Å². The molecule has 0 radical (unpaired) electrons. The number of methoxy groups -OCH3 is 1. The molecule has 0 saturated heterocycles. The average molecular weight is 556 g/mol. The number of ether oxygens (including phenoxy) is 2. The van der Waals surface area contributed by atoms with Gasteiger partial charge in [-0.05, 0) is 59.7 Å². The van der Waals surface area contributed by atoms with E-state index in [2.05, 4.69) is 0 Å². The zero-order chi connectivity index (χ0) is 29.5. The zero-order valence-corrected chi connectivity index (χ0v) is 21.8. The van der Waals surface area contributed by atoms with Crippen LogP contribution < -0.4 is 9.47 Å². The molecule has 0 aliphatic heterocycles. The molecule has 10 nitrogen and oxygen atoms in total. The van der Waals surface area contributed by atoms with Crippen LogP contribution in [-0.2, 0) is 13.1 Å². The summed E-state index contributed by atoms with van der Waals surface area (Å²) in [4.78, 5) is 50.5. The summed E-state index contributed by atoms with van der Waals surface area (Å²) >= 11 is 0. The highest BCUT2D eigenvalue weighted by Crippen LogP contribution is 2.26. The van der Waals surface area contributed by atoms with Crippen LogP contribution in [0.25, 0.3) is 0 Å². The van der Waals surface area contributed by atoms with Crippen molar-refractivity contribution in [3.8, 4) is 17.2 Å². The standard InChI is InChI=1S/C31H25NO9/c1-40-21-11-13-23(14-12-21)41-22-9-7-20(8-10-22)18-32(17-19-5-3-2-4-6-19)28(33)24-15-26(30(36)37)27(31(38)39)16-25(24)29(34)35/h2-16H,17-18H2,1H3,(H,34,35)(H,36,37)(H,38,39). The van der Waals surface area contributed by atoms with Crippen LogP contribution in [0.1, 0.15) is 52.6 Å². The summed E-state index contributed by atoms with van der Waals surface area (Å²) < 4.78 is 11.0. The molecule has 3 N–H and O–H groups in total. The molecule has 0 atom stereocenters. The number of carbonyl (C=O) groups is 4. The number of carboxylic acids is 3. The highest BCUT2D eigenvalue weighted by atomic mass is 16.5. The van der Waals surface area contributed by atoms with E-state index < -0.39 is 46.1 Å². The molecule has 0 spiro atoms. The molecule has 1 amide bonds. The molecule has 0 unspecified atom stereocenters. The fourth-order valence-corrected chi connectivity index (χ4v) is 4.14. The Morgan fingerprint density at radius 1 is 0.585 bits per heavy atom. The Bertz CT molecular complexity index is 1580. The molecular weight excluding hydrogens is 530 g/mol. The van der Waals surface area contributed by atoms with Crippen LogP contribution >= 0.6 is 0 Å². The highest BCUT2D eigenvalue weighted by Gasteiger charge is 2.28. The third kappa shape index (κ3) is 6.87.